The molecule has 3 rings (SSSR count). The van der Waals surface area contributed by atoms with E-state index < -0.39 is 0 Å². The molecule has 0 unspecified atom stereocenters. The number of anilines is 1. The van der Waals surface area contributed by atoms with Crippen molar-refractivity contribution < 1.29 is 14.3 Å². The SMILES string of the molecule is COCCNC(=O)c1cccc(-c2ccc3sc(NC(C)=O)nc3c2)c1. The fourth-order valence-electron chi connectivity index (χ4n) is 2.52. The summed E-state index contributed by atoms with van der Waals surface area (Å²) in [5.41, 5.74) is 3.30. The number of fused-ring (bicyclic) bond motifs is 1. The van der Waals surface area contributed by atoms with Crippen molar-refractivity contribution in [3.8, 4) is 11.1 Å². The van der Waals surface area contributed by atoms with Crippen LogP contribution in [0.4, 0.5) is 5.13 Å². The number of methoxy groups -OCH3 is 1. The first kappa shape index (κ1) is 18.0. The minimum atomic E-state index is -0.142. The minimum Gasteiger partial charge on any atom is -0.383 e. The first-order valence-corrected chi connectivity index (χ1v) is 8.94. The lowest BCUT2D eigenvalue weighted by molar-refractivity contribution is -0.114. The fourth-order valence-corrected chi connectivity index (χ4v) is 3.41. The molecule has 0 radical (unpaired) electrons. The third-order valence-corrected chi connectivity index (χ3v) is 4.67. The van der Waals surface area contributed by atoms with E-state index in [1.807, 2.05) is 36.4 Å². The van der Waals surface area contributed by atoms with Gasteiger partial charge in [-0.15, -0.1) is 0 Å². The number of rotatable bonds is 6. The van der Waals surface area contributed by atoms with Gasteiger partial charge in [0.1, 0.15) is 0 Å². The topological polar surface area (TPSA) is 80.3 Å². The van der Waals surface area contributed by atoms with E-state index in [0.717, 1.165) is 21.3 Å². The number of ether oxygens (including phenoxy) is 1. The van der Waals surface area contributed by atoms with E-state index in [4.69, 9.17) is 4.74 Å². The zero-order valence-electron chi connectivity index (χ0n) is 14.5. The Labute approximate surface area is 155 Å². The first-order chi connectivity index (χ1) is 12.6. The minimum absolute atomic E-state index is 0.133. The molecule has 0 atom stereocenters. The van der Waals surface area contributed by atoms with E-state index in [9.17, 15) is 9.59 Å². The van der Waals surface area contributed by atoms with Gasteiger partial charge >= 0.3 is 0 Å². The van der Waals surface area contributed by atoms with Crippen LogP contribution in [0.15, 0.2) is 42.5 Å². The van der Waals surface area contributed by atoms with Crippen molar-refractivity contribution >= 4 is 38.5 Å². The molecule has 7 heteroatoms. The molecule has 0 fully saturated rings. The van der Waals surface area contributed by atoms with E-state index >= 15 is 0 Å². The molecule has 2 amide bonds. The summed E-state index contributed by atoms with van der Waals surface area (Å²) in [6.07, 6.45) is 0. The lowest BCUT2D eigenvalue weighted by Crippen LogP contribution is -2.26. The Bertz CT molecular complexity index is 952. The molecule has 2 N–H and O–H groups in total. The lowest BCUT2D eigenvalue weighted by atomic mass is 10.0. The molecule has 0 saturated carbocycles. The fraction of sp³-hybridized carbons (Fsp3) is 0.211. The molecule has 0 spiro atoms. The Morgan fingerprint density at radius 3 is 2.73 bits per heavy atom. The summed E-state index contributed by atoms with van der Waals surface area (Å²) in [5, 5.41) is 6.10. The summed E-state index contributed by atoms with van der Waals surface area (Å²) in [4.78, 5) is 27.8. The summed E-state index contributed by atoms with van der Waals surface area (Å²) in [6.45, 7) is 2.40. The Morgan fingerprint density at radius 2 is 1.96 bits per heavy atom. The third kappa shape index (κ3) is 4.25. The van der Waals surface area contributed by atoms with E-state index in [1.54, 1.807) is 13.2 Å². The molecule has 2 aromatic carbocycles. The molecular weight excluding hydrogens is 350 g/mol. The number of nitrogens with zero attached hydrogens (tertiary/aromatic N) is 1. The second-order valence-electron chi connectivity index (χ2n) is 5.71. The molecular formula is C19H19N3O3S. The quantitative estimate of drug-likeness (QED) is 0.654. The zero-order chi connectivity index (χ0) is 18.5. The molecule has 6 nitrogen and oxygen atoms in total. The number of amides is 2. The van der Waals surface area contributed by atoms with E-state index in [2.05, 4.69) is 15.6 Å². The summed E-state index contributed by atoms with van der Waals surface area (Å²) in [5.74, 6) is -0.275. The normalized spacial score (nSPS) is 10.7. The third-order valence-electron chi connectivity index (χ3n) is 3.72. The van der Waals surface area contributed by atoms with Crippen LogP contribution >= 0.6 is 11.3 Å². The number of benzene rings is 2. The van der Waals surface area contributed by atoms with Crippen LogP contribution in [0.3, 0.4) is 0 Å². The highest BCUT2D eigenvalue weighted by Crippen LogP contribution is 2.30. The van der Waals surface area contributed by atoms with Gasteiger partial charge in [0.05, 0.1) is 16.8 Å². The predicted molar refractivity (Wildman–Crippen MR) is 104 cm³/mol. The molecule has 26 heavy (non-hydrogen) atoms. The van der Waals surface area contributed by atoms with E-state index in [0.29, 0.717) is 23.8 Å². The second-order valence-corrected chi connectivity index (χ2v) is 6.74. The van der Waals surface area contributed by atoms with Crippen LogP contribution in [-0.2, 0) is 9.53 Å². The van der Waals surface area contributed by atoms with Crippen LogP contribution < -0.4 is 10.6 Å². The number of carbonyl (C=O) groups excluding carboxylic acids is 2. The van der Waals surface area contributed by atoms with Crippen molar-refractivity contribution in [3.63, 3.8) is 0 Å². The zero-order valence-corrected chi connectivity index (χ0v) is 15.4. The van der Waals surface area contributed by atoms with Gasteiger partial charge in [0.15, 0.2) is 5.13 Å². The highest BCUT2D eigenvalue weighted by molar-refractivity contribution is 7.22. The maximum atomic E-state index is 12.2. The number of hydrogen-bond donors (Lipinski definition) is 2. The molecule has 1 heterocycles. The number of aromatic nitrogens is 1. The molecule has 0 saturated heterocycles. The molecule has 0 aliphatic carbocycles. The molecule has 0 bridgehead atoms. The van der Waals surface area contributed by atoms with Crippen LogP contribution in [0, 0.1) is 0 Å². The van der Waals surface area contributed by atoms with Gasteiger partial charge < -0.3 is 15.4 Å². The average molecular weight is 369 g/mol. The Hall–Kier alpha value is -2.77. The maximum absolute atomic E-state index is 12.2. The number of hydrogen-bond acceptors (Lipinski definition) is 5. The van der Waals surface area contributed by atoms with Gasteiger partial charge in [0.25, 0.3) is 5.91 Å². The molecule has 3 aromatic rings. The van der Waals surface area contributed by atoms with Crippen LogP contribution in [0.5, 0.6) is 0 Å². The van der Waals surface area contributed by atoms with E-state index in [-0.39, 0.29) is 11.8 Å². The van der Waals surface area contributed by atoms with Crippen molar-refractivity contribution in [2.75, 3.05) is 25.6 Å². The van der Waals surface area contributed by atoms with Crippen LogP contribution in [-0.4, -0.2) is 37.1 Å². The highest BCUT2D eigenvalue weighted by Gasteiger charge is 2.09. The second kappa shape index (κ2) is 8.07. The van der Waals surface area contributed by atoms with Gasteiger partial charge in [-0.25, -0.2) is 4.98 Å². The van der Waals surface area contributed by atoms with Crippen LogP contribution in [0.1, 0.15) is 17.3 Å². The Kier molecular flexibility index (Phi) is 5.60. The lowest BCUT2D eigenvalue weighted by Gasteiger charge is -2.07. The van der Waals surface area contributed by atoms with Gasteiger partial charge in [-0.2, -0.15) is 0 Å². The average Bonchev–Trinajstić information content (AvgIpc) is 3.02. The van der Waals surface area contributed by atoms with Crippen molar-refractivity contribution in [1.82, 2.24) is 10.3 Å². The number of carbonyl (C=O) groups is 2. The van der Waals surface area contributed by atoms with Crippen molar-refractivity contribution in [3.05, 3.63) is 48.0 Å². The number of nitrogens with one attached hydrogen (secondary N) is 2. The van der Waals surface area contributed by atoms with Gasteiger partial charge in [0.2, 0.25) is 5.91 Å². The standard InChI is InChI=1S/C19H19N3O3S/c1-12(23)21-19-22-16-11-14(6-7-17(16)26-19)13-4-3-5-15(10-13)18(24)20-8-9-25-2/h3-7,10-11H,8-9H2,1-2H3,(H,20,24)(H,21,22,23). The van der Waals surface area contributed by atoms with Crippen LogP contribution in [0.2, 0.25) is 0 Å². The molecule has 1 aromatic heterocycles. The summed E-state index contributed by atoms with van der Waals surface area (Å²) in [6, 6.07) is 13.4. The largest absolute Gasteiger partial charge is 0.383 e. The van der Waals surface area contributed by atoms with Gasteiger partial charge in [-0.3, -0.25) is 9.59 Å². The van der Waals surface area contributed by atoms with E-state index in [1.165, 1.54) is 18.3 Å². The monoisotopic (exact) mass is 369 g/mol. The van der Waals surface area contributed by atoms with Crippen molar-refractivity contribution in [2.24, 2.45) is 0 Å². The van der Waals surface area contributed by atoms with Crippen molar-refractivity contribution in [2.45, 2.75) is 6.92 Å². The van der Waals surface area contributed by atoms with Crippen LogP contribution in [0.25, 0.3) is 21.3 Å². The summed E-state index contributed by atoms with van der Waals surface area (Å²) >= 11 is 1.43. The molecule has 0 aliphatic heterocycles. The molecule has 0 aliphatic rings. The smallest absolute Gasteiger partial charge is 0.251 e. The number of thiazole rings is 1. The van der Waals surface area contributed by atoms with Gasteiger partial charge in [-0.1, -0.05) is 29.5 Å². The predicted octanol–water partition coefficient (Wildman–Crippen LogP) is 3.30. The maximum Gasteiger partial charge on any atom is 0.251 e. The highest BCUT2D eigenvalue weighted by atomic mass is 32.1. The summed E-state index contributed by atoms with van der Waals surface area (Å²) in [7, 11) is 1.60. The molecule has 134 valence electrons. The Balaban J connectivity index is 1.85. The van der Waals surface area contributed by atoms with Gasteiger partial charge in [0, 0.05) is 26.1 Å². The Morgan fingerprint density at radius 1 is 1.15 bits per heavy atom. The van der Waals surface area contributed by atoms with Crippen molar-refractivity contribution in [1.29, 1.82) is 0 Å². The summed E-state index contributed by atoms with van der Waals surface area (Å²) < 4.78 is 5.93. The van der Waals surface area contributed by atoms with Gasteiger partial charge in [-0.05, 0) is 35.4 Å². The first-order valence-electron chi connectivity index (χ1n) is 8.12.